The van der Waals surface area contributed by atoms with Gasteiger partial charge in [-0.25, -0.2) is 0 Å². The topological polar surface area (TPSA) is 37.3 Å². The molecular weight excluding hydrogens is 164 g/mol. The van der Waals surface area contributed by atoms with Crippen LogP contribution in [0.15, 0.2) is 0 Å². The van der Waals surface area contributed by atoms with Crippen LogP contribution in [0.4, 0.5) is 0 Å². The molecule has 0 unspecified atom stereocenters. The number of aliphatic carboxylic acids is 1. The zero-order valence-corrected chi connectivity index (χ0v) is 7.83. The van der Waals surface area contributed by atoms with Crippen LogP contribution in [0, 0.1) is 23.2 Å². The highest BCUT2D eigenvalue weighted by Crippen LogP contribution is 2.66. The molecule has 4 atom stereocenters. The van der Waals surface area contributed by atoms with E-state index in [1.54, 1.807) is 0 Å². The summed E-state index contributed by atoms with van der Waals surface area (Å²) in [6, 6.07) is 0. The van der Waals surface area contributed by atoms with E-state index in [0.29, 0.717) is 11.8 Å². The first-order valence-corrected chi connectivity index (χ1v) is 5.48. The lowest BCUT2D eigenvalue weighted by Crippen LogP contribution is -2.39. The molecule has 0 spiro atoms. The molecule has 2 bridgehead atoms. The standard InChI is InChI=1S/C11H16O2/c12-10(13)11-5-1-2-9(11)7-3-4-8(11)6-7/h7-9H,1-6H2,(H,12,13)/t7-,8+,9+,11+/m0/s1. The van der Waals surface area contributed by atoms with Gasteiger partial charge in [0.25, 0.3) is 0 Å². The minimum Gasteiger partial charge on any atom is -0.481 e. The van der Waals surface area contributed by atoms with Crippen LogP contribution in [0.1, 0.15) is 38.5 Å². The van der Waals surface area contributed by atoms with Crippen molar-refractivity contribution < 1.29 is 9.90 Å². The molecule has 1 N–H and O–H groups in total. The van der Waals surface area contributed by atoms with Gasteiger partial charge in [-0.15, -0.1) is 0 Å². The van der Waals surface area contributed by atoms with E-state index in [0.717, 1.165) is 18.8 Å². The predicted octanol–water partition coefficient (Wildman–Crippen LogP) is 2.29. The molecule has 0 aromatic rings. The van der Waals surface area contributed by atoms with Crippen LogP contribution >= 0.6 is 0 Å². The number of fused-ring (bicyclic) bond motifs is 5. The number of carboxylic acid groups (broad SMARTS) is 1. The molecule has 13 heavy (non-hydrogen) atoms. The van der Waals surface area contributed by atoms with Gasteiger partial charge in [0.2, 0.25) is 0 Å². The first-order chi connectivity index (χ1) is 6.25. The van der Waals surface area contributed by atoms with Gasteiger partial charge < -0.3 is 5.11 Å². The molecule has 3 aliphatic carbocycles. The average molecular weight is 180 g/mol. The molecule has 0 radical (unpaired) electrons. The summed E-state index contributed by atoms with van der Waals surface area (Å²) in [4.78, 5) is 11.4. The fraction of sp³-hybridized carbons (Fsp3) is 0.909. The van der Waals surface area contributed by atoms with E-state index in [2.05, 4.69) is 0 Å². The third kappa shape index (κ3) is 0.733. The second kappa shape index (κ2) is 2.28. The van der Waals surface area contributed by atoms with Crippen LogP contribution in [0.5, 0.6) is 0 Å². The van der Waals surface area contributed by atoms with E-state index in [9.17, 15) is 9.90 Å². The zero-order valence-electron chi connectivity index (χ0n) is 7.83. The van der Waals surface area contributed by atoms with Gasteiger partial charge in [-0.05, 0) is 49.9 Å². The maximum Gasteiger partial charge on any atom is 0.310 e. The molecule has 0 heterocycles. The van der Waals surface area contributed by atoms with E-state index in [-0.39, 0.29) is 5.41 Å². The van der Waals surface area contributed by atoms with Crippen LogP contribution in [-0.2, 0) is 4.79 Å². The van der Waals surface area contributed by atoms with Crippen molar-refractivity contribution in [3.8, 4) is 0 Å². The van der Waals surface area contributed by atoms with Crippen molar-refractivity contribution in [2.45, 2.75) is 38.5 Å². The quantitative estimate of drug-likeness (QED) is 0.672. The summed E-state index contributed by atoms with van der Waals surface area (Å²) >= 11 is 0. The summed E-state index contributed by atoms with van der Waals surface area (Å²) in [5.74, 6) is 1.36. The predicted molar refractivity (Wildman–Crippen MR) is 48.2 cm³/mol. The molecule has 0 aromatic heterocycles. The fourth-order valence-corrected chi connectivity index (χ4v) is 4.51. The third-order valence-corrected chi connectivity index (χ3v) is 4.94. The van der Waals surface area contributed by atoms with E-state index in [1.807, 2.05) is 0 Å². The monoisotopic (exact) mass is 180 g/mol. The Morgan fingerprint density at radius 2 is 2.15 bits per heavy atom. The van der Waals surface area contributed by atoms with Crippen molar-refractivity contribution in [1.29, 1.82) is 0 Å². The SMILES string of the molecule is O=C(O)[C@@]12CCC[C@@H]1[C@H]1CC[C@@H]2C1. The molecule has 0 amide bonds. The molecule has 3 fully saturated rings. The van der Waals surface area contributed by atoms with Gasteiger partial charge in [0.1, 0.15) is 0 Å². The highest BCUT2D eigenvalue weighted by atomic mass is 16.4. The van der Waals surface area contributed by atoms with Crippen LogP contribution in [0.2, 0.25) is 0 Å². The van der Waals surface area contributed by atoms with Crippen LogP contribution < -0.4 is 0 Å². The van der Waals surface area contributed by atoms with Crippen molar-refractivity contribution in [3.05, 3.63) is 0 Å². The smallest absolute Gasteiger partial charge is 0.310 e. The summed E-state index contributed by atoms with van der Waals surface area (Å²) < 4.78 is 0. The normalized spacial score (nSPS) is 52.5. The summed E-state index contributed by atoms with van der Waals surface area (Å²) in [5.41, 5.74) is -0.261. The van der Waals surface area contributed by atoms with Crippen molar-refractivity contribution in [2.75, 3.05) is 0 Å². The van der Waals surface area contributed by atoms with Crippen molar-refractivity contribution in [2.24, 2.45) is 23.2 Å². The Morgan fingerprint density at radius 3 is 2.85 bits per heavy atom. The molecule has 0 aliphatic heterocycles. The first-order valence-electron chi connectivity index (χ1n) is 5.48. The lowest BCUT2D eigenvalue weighted by molar-refractivity contribution is -0.154. The van der Waals surface area contributed by atoms with Gasteiger partial charge in [-0.2, -0.15) is 0 Å². The van der Waals surface area contributed by atoms with E-state index >= 15 is 0 Å². The number of hydrogen-bond donors (Lipinski definition) is 1. The first kappa shape index (κ1) is 7.84. The zero-order chi connectivity index (χ0) is 9.05. The summed E-state index contributed by atoms with van der Waals surface area (Å²) in [7, 11) is 0. The van der Waals surface area contributed by atoms with Crippen LogP contribution in [0.25, 0.3) is 0 Å². The van der Waals surface area contributed by atoms with Gasteiger partial charge in [-0.1, -0.05) is 6.42 Å². The molecule has 2 heteroatoms. The molecule has 0 aromatic carbocycles. The summed E-state index contributed by atoms with van der Waals surface area (Å²) in [5, 5.41) is 9.40. The van der Waals surface area contributed by atoms with Crippen molar-refractivity contribution in [1.82, 2.24) is 0 Å². The number of rotatable bonds is 1. The van der Waals surface area contributed by atoms with E-state index in [4.69, 9.17) is 0 Å². The molecule has 0 saturated heterocycles. The van der Waals surface area contributed by atoms with Crippen LogP contribution in [0.3, 0.4) is 0 Å². The Labute approximate surface area is 78.3 Å². The van der Waals surface area contributed by atoms with Crippen LogP contribution in [-0.4, -0.2) is 11.1 Å². The molecule has 3 rings (SSSR count). The second-order valence-electron chi connectivity index (χ2n) is 5.11. The van der Waals surface area contributed by atoms with E-state index < -0.39 is 5.97 Å². The van der Waals surface area contributed by atoms with Gasteiger partial charge >= 0.3 is 5.97 Å². The largest absolute Gasteiger partial charge is 0.481 e. The number of carboxylic acids is 1. The third-order valence-electron chi connectivity index (χ3n) is 4.94. The fourth-order valence-electron chi connectivity index (χ4n) is 4.51. The Balaban J connectivity index is 2.04. The molecule has 3 saturated carbocycles. The second-order valence-corrected chi connectivity index (χ2v) is 5.11. The maximum atomic E-state index is 11.4. The lowest BCUT2D eigenvalue weighted by atomic mass is 9.68. The molecule has 2 nitrogen and oxygen atoms in total. The van der Waals surface area contributed by atoms with E-state index in [1.165, 1.54) is 25.7 Å². The number of hydrogen-bond acceptors (Lipinski definition) is 1. The maximum absolute atomic E-state index is 11.4. The van der Waals surface area contributed by atoms with Gasteiger partial charge in [0.05, 0.1) is 5.41 Å². The van der Waals surface area contributed by atoms with Crippen molar-refractivity contribution in [3.63, 3.8) is 0 Å². The number of carbonyl (C=O) groups is 1. The molecule has 3 aliphatic rings. The van der Waals surface area contributed by atoms with Gasteiger partial charge in [-0.3, -0.25) is 4.79 Å². The summed E-state index contributed by atoms with van der Waals surface area (Å²) in [6.07, 6.45) is 7.03. The Hall–Kier alpha value is -0.530. The molecular formula is C11H16O2. The Bertz CT molecular complexity index is 261. The van der Waals surface area contributed by atoms with Crippen molar-refractivity contribution >= 4 is 5.97 Å². The lowest BCUT2D eigenvalue weighted by Gasteiger charge is -2.35. The highest BCUT2D eigenvalue weighted by Gasteiger charge is 2.63. The minimum absolute atomic E-state index is 0.261. The Morgan fingerprint density at radius 1 is 1.31 bits per heavy atom. The minimum atomic E-state index is -0.484. The summed E-state index contributed by atoms with van der Waals surface area (Å²) in [6.45, 7) is 0. The van der Waals surface area contributed by atoms with Gasteiger partial charge in [0.15, 0.2) is 0 Å². The molecule has 72 valence electrons. The average Bonchev–Trinajstić information content (AvgIpc) is 2.76. The Kier molecular flexibility index (Phi) is 1.38. The highest BCUT2D eigenvalue weighted by molar-refractivity contribution is 5.77. The van der Waals surface area contributed by atoms with Gasteiger partial charge in [0, 0.05) is 0 Å².